The summed E-state index contributed by atoms with van der Waals surface area (Å²) in [5, 5.41) is 2.66. The van der Waals surface area contributed by atoms with Crippen LogP contribution in [0, 0.1) is 6.92 Å². The molecule has 0 bridgehead atoms. The van der Waals surface area contributed by atoms with Crippen molar-refractivity contribution in [2.75, 3.05) is 18.6 Å². The fourth-order valence-corrected chi connectivity index (χ4v) is 6.49. The second-order valence-corrected chi connectivity index (χ2v) is 7.78. The molecule has 1 fully saturated rings. The number of thioether (sulfide) groups is 2. The second-order valence-electron chi connectivity index (χ2n) is 4.74. The molecule has 1 aliphatic carbocycles. The molecule has 1 aromatic heterocycles. The minimum atomic E-state index is -0.106. The van der Waals surface area contributed by atoms with E-state index in [1.807, 2.05) is 30.4 Å². The van der Waals surface area contributed by atoms with Crippen LogP contribution in [0.3, 0.4) is 0 Å². The molecule has 3 nitrogen and oxygen atoms in total. The van der Waals surface area contributed by atoms with Gasteiger partial charge >= 0.3 is 0 Å². The summed E-state index contributed by atoms with van der Waals surface area (Å²) in [4.78, 5) is 11.8. The van der Waals surface area contributed by atoms with Gasteiger partial charge in [0.1, 0.15) is 5.76 Å². The zero-order valence-electron chi connectivity index (χ0n) is 10.7. The van der Waals surface area contributed by atoms with Gasteiger partial charge in [-0.15, -0.1) is 23.5 Å². The van der Waals surface area contributed by atoms with E-state index in [-0.39, 0.29) is 9.99 Å². The Hall–Kier alpha value is -0.550. The quantitative estimate of drug-likeness (QED) is 0.860. The lowest BCUT2D eigenvalue weighted by molar-refractivity contribution is 0.0933. The van der Waals surface area contributed by atoms with Gasteiger partial charge in [-0.2, -0.15) is 0 Å². The molecular formula is C13H17NO2S2. The molecule has 0 atom stereocenters. The third kappa shape index (κ3) is 1.71. The van der Waals surface area contributed by atoms with Gasteiger partial charge < -0.3 is 9.73 Å². The SMILES string of the molecule is CNC(=O)c1oc2c(c1C)C1(CCC2)SCCS1. The Morgan fingerprint density at radius 2 is 2.11 bits per heavy atom. The number of carbonyl (C=O) groups is 1. The van der Waals surface area contributed by atoms with Crippen molar-refractivity contribution in [3.8, 4) is 0 Å². The standard InChI is InChI=1S/C13H17NO2S2/c1-8-10-9(16-11(8)12(15)14-2)4-3-5-13(10)17-6-7-18-13/h3-7H2,1-2H3,(H,14,15). The highest BCUT2D eigenvalue weighted by atomic mass is 32.2. The van der Waals surface area contributed by atoms with Crippen LogP contribution in [0.5, 0.6) is 0 Å². The van der Waals surface area contributed by atoms with Crippen molar-refractivity contribution in [3.05, 3.63) is 22.6 Å². The van der Waals surface area contributed by atoms with Gasteiger partial charge in [-0.25, -0.2) is 0 Å². The number of hydrogen-bond donors (Lipinski definition) is 1. The summed E-state index contributed by atoms with van der Waals surface area (Å²) < 4.78 is 6.00. The summed E-state index contributed by atoms with van der Waals surface area (Å²) >= 11 is 4.05. The van der Waals surface area contributed by atoms with E-state index in [0.29, 0.717) is 5.76 Å². The Kier molecular flexibility index (Phi) is 3.14. The van der Waals surface area contributed by atoms with Crippen LogP contribution in [0.25, 0.3) is 0 Å². The maximum absolute atomic E-state index is 11.8. The molecule has 1 N–H and O–H groups in total. The van der Waals surface area contributed by atoms with E-state index in [1.165, 1.54) is 23.5 Å². The predicted octanol–water partition coefficient (Wildman–Crippen LogP) is 2.92. The highest BCUT2D eigenvalue weighted by Gasteiger charge is 2.45. The first kappa shape index (κ1) is 12.5. The van der Waals surface area contributed by atoms with Gasteiger partial charge in [0, 0.05) is 36.1 Å². The van der Waals surface area contributed by atoms with Crippen molar-refractivity contribution >= 4 is 29.4 Å². The van der Waals surface area contributed by atoms with E-state index < -0.39 is 0 Å². The van der Waals surface area contributed by atoms with Crippen LogP contribution in [0.2, 0.25) is 0 Å². The minimum absolute atomic E-state index is 0.106. The smallest absolute Gasteiger partial charge is 0.287 e. The van der Waals surface area contributed by atoms with Crippen molar-refractivity contribution in [3.63, 3.8) is 0 Å². The topological polar surface area (TPSA) is 42.2 Å². The third-order valence-electron chi connectivity index (χ3n) is 3.70. The Balaban J connectivity index is 2.11. The summed E-state index contributed by atoms with van der Waals surface area (Å²) in [6.45, 7) is 2.03. The lowest BCUT2D eigenvalue weighted by Crippen LogP contribution is -2.22. The molecule has 0 radical (unpaired) electrons. The van der Waals surface area contributed by atoms with Gasteiger partial charge in [-0.3, -0.25) is 4.79 Å². The Labute approximate surface area is 115 Å². The molecule has 0 aromatic carbocycles. The summed E-state index contributed by atoms with van der Waals surface area (Å²) in [5.41, 5.74) is 2.35. The van der Waals surface area contributed by atoms with Crippen molar-refractivity contribution in [1.29, 1.82) is 0 Å². The molecule has 1 spiro atoms. The molecular weight excluding hydrogens is 266 g/mol. The number of aryl methyl sites for hydroxylation is 1. The van der Waals surface area contributed by atoms with E-state index in [1.54, 1.807) is 7.05 Å². The molecule has 2 aliphatic rings. The summed E-state index contributed by atoms with van der Waals surface area (Å²) in [6, 6.07) is 0. The van der Waals surface area contributed by atoms with E-state index in [2.05, 4.69) is 5.32 Å². The van der Waals surface area contributed by atoms with E-state index in [0.717, 1.165) is 24.2 Å². The van der Waals surface area contributed by atoms with Crippen molar-refractivity contribution < 1.29 is 9.21 Å². The van der Waals surface area contributed by atoms with Crippen molar-refractivity contribution in [2.24, 2.45) is 0 Å². The van der Waals surface area contributed by atoms with Gasteiger partial charge in [0.2, 0.25) is 0 Å². The van der Waals surface area contributed by atoms with E-state index >= 15 is 0 Å². The molecule has 1 aromatic rings. The van der Waals surface area contributed by atoms with Crippen LogP contribution >= 0.6 is 23.5 Å². The van der Waals surface area contributed by atoms with Crippen LogP contribution in [-0.4, -0.2) is 24.5 Å². The molecule has 0 unspecified atom stereocenters. The third-order valence-corrected chi connectivity index (χ3v) is 7.23. The fourth-order valence-electron chi connectivity index (χ4n) is 2.93. The Morgan fingerprint density at radius 1 is 1.39 bits per heavy atom. The van der Waals surface area contributed by atoms with Crippen LogP contribution in [-0.2, 0) is 10.5 Å². The highest BCUT2D eigenvalue weighted by Crippen LogP contribution is 2.59. The zero-order chi connectivity index (χ0) is 12.8. The maximum Gasteiger partial charge on any atom is 0.287 e. The first-order valence-corrected chi connectivity index (χ1v) is 8.28. The molecule has 1 amide bonds. The number of furan rings is 1. The number of amides is 1. The minimum Gasteiger partial charge on any atom is -0.455 e. The first-order chi connectivity index (χ1) is 8.68. The lowest BCUT2D eigenvalue weighted by atomic mass is 9.94. The average molecular weight is 283 g/mol. The van der Waals surface area contributed by atoms with Gasteiger partial charge in [0.05, 0.1) is 4.08 Å². The lowest BCUT2D eigenvalue weighted by Gasteiger charge is -2.31. The maximum atomic E-state index is 11.8. The van der Waals surface area contributed by atoms with Crippen molar-refractivity contribution in [1.82, 2.24) is 5.32 Å². The molecule has 2 heterocycles. The first-order valence-electron chi connectivity index (χ1n) is 6.31. The molecule has 0 saturated carbocycles. The molecule has 18 heavy (non-hydrogen) atoms. The second kappa shape index (κ2) is 4.53. The molecule has 1 saturated heterocycles. The van der Waals surface area contributed by atoms with Gasteiger partial charge in [-0.05, 0) is 19.8 Å². The predicted molar refractivity (Wildman–Crippen MR) is 76.4 cm³/mol. The van der Waals surface area contributed by atoms with Crippen molar-refractivity contribution in [2.45, 2.75) is 30.3 Å². The number of hydrogen-bond acceptors (Lipinski definition) is 4. The average Bonchev–Trinajstić information content (AvgIpc) is 2.95. The summed E-state index contributed by atoms with van der Waals surface area (Å²) in [6.07, 6.45) is 3.33. The number of carbonyl (C=O) groups excluding carboxylic acids is 1. The van der Waals surface area contributed by atoms with Gasteiger partial charge in [0.25, 0.3) is 5.91 Å². The number of fused-ring (bicyclic) bond motifs is 2. The van der Waals surface area contributed by atoms with E-state index in [4.69, 9.17) is 4.42 Å². The van der Waals surface area contributed by atoms with Gasteiger partial charge in [-0.1, -0.05) is 0 Å². The molecule has 3 rings (SSSR count). The van der Waals surface area contributed by atoms with Crippen LogP contribution in [0.1, 0.15) is 40.3 Å². The highest BCUT2D eigenvalue weighted by molar-refractivity contribution is 8.20. The van der Waals surface area contributed by atoms with Gasteiger partial charge in [0.15, 0.2) is 5.76 Å². The fraction of sp³-hybridized carbons (Fsp3) is 0.615. The zero-order valence-corrected chi connectivity index (χ0v) is 12.3. The Morgan fingerprint density at radius 3 is 2.78 bits per heavy atom. The summed E-state index contributed by atoms with van der Waals surface area (Å²) in [7, 11) is 1.65. The number of nitrogens with one attached hydrogen (secondary N) is 1. The molecule has 5 heteroatoms. The normalized spacial score (nSPS) is 21.0. The van der Waals surface area contributed by atoms with Crippen LogP contribution < -0.4 is 5.32 Å². The molecule has 1 aliphatic heterocycles. The van der Waals surface area contributed by atoms with E-state index in [9.17, 15) is 4.79 Å². The van der Waals surface area contributed by atoms with Crippen LogP contribution in [0.15, 0.2) is 4.42 Å². The Bertz CT molecular complexity index is 489. The van der Waals surface area contributed by atoms with Crippen LogP contribution in [0.4, 0.5) is 0 Å². The largest absolute Gasteiger partial charge is 0.455 e. The molecule has 98 valence electrons. The number of rotatable bonds is 1. The summed E-state index contributed by atoms with van der Waals surface area (Å²) in [5.74, 6) is 3.84. The monoisotopic (exact) mass is 283 g/mol.